The molecule has 0 spiro atoms. The molecule has 12 heteroatoms. The number of hydrogen-bond acceptors (Lipinski definition) is 5. The van der Waals surface area contributed by atoms with E-state index in [4.69, 9.17) is 22.2 Å². The van der Waals surface area contributed by atoms with Crippen molar-refractivity contribution in [3.63, 3.8) is 0 Å². The maximum Gasteiger partial charge on any atom is 0.417 e. The fourth-order valence-corrected chi connectivity index (χ4v) is 5.18. The standard InChI is InChI=1S/C27H28F6N4OS/c28-26(29,30)19-2-7-22(8-3-19)36-11-13-37(14-12-36)25(39)17-38-23-9-5-20(6-10-23)35-21-4-1-18(16-34)24(15-21)27(31,32)33/h1-4,7-8,15,20,23,35H,5-6,9-14,17H2/t20-,23-. The van der Waals surface area contributed by atoms with E-state index < -0.39 is 29.0 Å². The van der Waals surface area contributed by atoms with Gasteiger partial charge in [0, 0.05) is 43.6 Å². The summed E-state index contributed by atoms with van der Waals surface area (Å²) in [6, 6.07) is 10.4. The van der Waals surface area contributed by atoms with Crippen LogP contribution in [0, 0.1) is 11.3 Å². The van der Waals surface area contributed by atoms with Gasteiger partial charge >= 0.3 is 12.4 Å². The number of halogens is 6. The number of hydrogen-bond donors (Lipinski definition) is 1. The SMILES string of the molecule is N#Cc1ccc(N[C@H]2CC[C@H](OCC(=S)N3CCN(c4ccc(C(F)(F)F)cc4)CC3)CC2)cc1C(F)(F)F. The van der Waals surface area contributed by atoms with Crippen molar-refractivity contribution in [3.05, 3.63) is 59.2 Å². The molecule has 0 radical (unpaired) electrons. The van der Waals surface area contributed by atoms with E-state index in [0.29, 0.717) is 43.5 Å². The zero-order valence-electron chi connectivity index (χ0n) is 21.0. The van der Waals surface area contributed by atoms with Crippen molar-refractivity contribution in [1.82, 2.24) is 4.90 Å². The predicted molar refractivity (Wildman–Crippen MR) is 140 cm³/mol. The van der Waals surface area contributed by atoms with Gasteiger partial charge in [-0.15, -0.1) is 0 Å². The Bertz CT molecular complexity index is 1180. The summed E-state index contributed by atoms with van der Waals surface area (Å²) in [5, 5.41) is 12.1. The molecule has 210 valence electrons. The van der Waals surface area contributed by atoms with Gasteiger partial charge < -0.3 is 19.9 Å². The highest BCUT2D eigenvalue weighted by Gasteiger charge is 2.34. The summed E-state index contributed by atoms with van der Waals surface area (Å²) < 4.78 is 84.1. The molecular formula is C27H28F6N4OS. The van der Waals surface area contributed by atoms with E-state index in [0.717, 1.165) is 49.6 Å². The van der Waals surface area contributed by atoms with Crippen LogP contribution in [0.4, 0.5) is 37.7 Å². The van der Waals surface area contributed by atoms with Crippen LogP contribution in [0.5, 0.6) is 0 Å². The molecule has 2 aromatic rings. The highest BCUT2D eigenvalue weighted by atomic mass is 32.1. The maximum atomic E-state index is 13.2. The number of nitriles is 1. The van der Waals surface area contributed by atoms with Gasteiger partial charge in [0.2, 0.25) is 0 Å². The zero-order valence-corrected chi connectivity index (χ0v) is 21.8. The Morgan fingerprint density at radius 3 is 2.13 bits per heavy atom. The van der Waals surface area contributed by atoms with Crippen molar-refractivity contribution in [2.75, 3.05) is 43.0 Å². The molecule has 2 aliphatic rings. The molecule has 0 bridgehead atoms. The second kappa shape index (κ2) is 12.0. The highest BCUT2D eigenvalue weighted by Crippen LogP contribution is 2.35. The van der Waals surface area contributed by atoms with Crippen LogP contribution in [0.25, 0.3) is 0 Å². The van der Waals surface area contributed by atoms with E-state index in [1.165, 1.54) is 24.3 Å². The molecule has 0 amide bonds. The number of alkyl halides is 6. The lowest BCUT2D eigenvalue weighted by Gasteiger charge is -2.38. The number of piperazine rings is 1. The molecule has 1 heterocycles. The van der Waals surface area contributed by atoms with Crippen molar-refractivity contribution in [1.29, 1.82) is 5.26 Å². The molecule has 5 nitrogen and oxygen atoms in total. The molecule has 39 heavy (non-hydrogen) atoms. The van der Waals surface area contributed by atoms with E-state index >= 15 is 0 Å². The third-order valence-corrected chi connectivity index (χ3v) is 7.50. The average molecular weight is 571 g/mol. The van der Waals surface area contributed by atoms with Crippen molar-refractivity contribution in [3.8, 4) is 6.07 Å². The van der Waals surface area contributed by atoms with E-state index in [-0.39, 0.29) is 12.1 Å². The number of thiocarbonyl (C=S) groups is 1. The fourth-order valence-electron chi connectivity index (χ4n) is 4.93. The smallest absolute Gasteiger partial charge is 0.382 e. The molecule has 1 N–H and O–H groups in total. The van der Waals surface area contributed by atoms with Gasteiger partial charge in [-0.1, -0.05) is 12.2 Å². The zero-order chi connectivity index (χ0) is 28.2. The van der Waals surface area contributed by atoms with Crippen LogP contribution in [0.15, 0.2) is 42.5 Å². The molecule has 1 saturated heterocycles. The molecule has 4 rings (SSSR count). The Hall–Kier alpha value is -3.04. The van der Waals surface area contributed by atoms with Crippen LogP contribution in [-0.4, -0.2) is 54.8 Å². The molecule has 2 aromatic carbocycles. The fraction of sp³-hybridized carbons (Fsp3) is 0.481. The normalized spacial score (nSPS) is 20.4. The van der Waals surface area contributed by atoms with E-state index in [2.05, 4.69) is 5.32 Å². The third-order valence-electron chi connectivity index (χ3n) is 7.13. The number of rotatable bonds is 6. The molecule has 1 saturated carbocycles. The average Bonchev–Trinajstić information content (AvgIpc) is 2.91. The van der Waals surface area contributed by atoms with Gasteiger partial charge in [-0.25, -0.2) is 0 Å². The molecule has 0 unspecified atom stereocenters. The van der Waals surface area contributed by atoms with Crippen LogP contribution in [0.1, 0.15) is 42.4 Å². The molecule has 0 aromatic heterocycles. The first-order valence-electron chi connectivity index (χ1n) is 12.6. The number of nitrogens with zero attached hydrogens (tertiary/aromatic N) is 3. The first-order chi connectivity index (χ1) is 18.4. The summed E-state index contributed by atoms with van der Waals surface area (Å²) in [5.41, 5.74) is -0.936. The van der Waals surface area contributed by atoms with Crippen LogP contribution in [0.3, 0.4) is 0 Å². The van der Waals surface area contributed by atoms with E-state index in [1.54, 1.807) is 6.07 Å². The Kier molecular flexibility index (Phi) is 8.91. The summed E-state index contributed by atoms with van der Waals surface area (Å²) in [4.78, 5) is 4.76. The summed E-state index contributed by atoms with van der Waals surface area (Å²) in [7, 11) is 0. The molecular weight excluding hydrogens is 542 g/mol. The number of ether oxygens (including phenoxy) is 1. The van der Waals surface area contributed by atoms with Crippen LogP contribution < -0.4 is 10.2 Å². The Morgan fingerprint density at radius 1 is 0.923 bits per heavy atom. The summed E-state index contributed by atoms with van der Waals surface area (Å²) in [5.74, 6) is 0. The monoisotopic (exact) mass is 570 g/mol. The van der Waals surface area contributed by atoms with Gasteiger partial charge in [0.05, 0.1) is 35.5 Å². The topological polar surface area (TPSA) is 51.5 Å². The summed E-state index contributed by atoms with van der Waals surface area (Å²) >= 11 is 5.56. The Morgan fingerprint density at radius 2 is 1.56 bits per heavy atom. The van der Waals surface area contributed by atoms with Gasteiger partial charge in [0.15, 0.2) is 0 Å². The van der Waals surface area contributed by atoms with E-state index in [9.17, 15) is 26.3 Å². The van der Waals surface area contributed by atoms with Crippen molar-refractivity contribution >= 4 is 28.6 Å². The van der Waals surface area contributed by atoms with Crippen molar-refractivity contribution < 1.29 is 31.1 Å². The molecule has 2 fully saturated rings. The minimum Gasteiger partial charge on any atom is -0.382 e. The molecule has 1 aliphatic carbocycles. The lowest BCUT2D eigenvalue weighted by atomic mass is 9.92. The number of benzene rings is 2. The Balaban J connectivity index is 1.18. The maximum absolute atomic E-state index is 13.2. The summed E-state index contributed by atoms with van der Waals surface area (Å²) in [6.07, 6.45) is -6.02. The van der Waals surface area contributed by atoms with Crippen molar-refractivity contribution in [2.45, 2.75) is 50.2 Å². The second-order valence-corrected chi connectivity index (χ2v) is 10.2. The summed E-state index contributed by atoms with van der Waals surface area (Å²) in [6.45, 7) is 2.85. The first-order valence-corrected chi connectivity index (χ1v) is 13.0. The number of nitrogens with one attached hydrogen (secondary N) is 1. The minimum atomic E-state index is -4.60. The largest absolute Gasteiger partial charge is 0.417 e. The second-order valence-electron chi connectivity index (χ2n) is 9.71. The lowest BCUT2D eigenvalue weighted by Crippen LogP contribution is -2.49. The van der Waals surface area contributed by atoms with Gasteiger partial charge in [0.25, 0.3) is 0 Å². The van der Waals surface area contributed by atoms with Crippen LogP contribution in [0.2, 0.25) is 0 Å². The van der Waals surface area contributed by atoms with Gasteiger partial charge in [-0.3, -0.25) is 0 Å². The third kappa shape index (κ3) is 7.54. The van der Waals surface area contributed by atoms with E-state index in [1.807, 2.05) is 9.80 Å². The van der Waals surface area contributed by atoms with Crippen molar-refractivity contribution in [2.24, 2.45) is 0 Å². The van der Waals surface area contributed by atoms with Crippen LogP contribution in [-0.2, 0) is 17.1 Å². The molecule has 0 atom stereocenters. The molecule has 1 aliphatic heterocycles. The first kappa shape index (κ1) is 29.0. The van der Waals surface area contributed by atoms with Gasteiger partial charge in [-0.05, 0) is 68.1 Å². The van der Waals surface area contributed by atoms with Gasteiger partial charge in [0.1, 0.15) is 4.99 Å². The quantitative estimate of drug-likeness (QED) is 0.317. The van der Waals surface area contributed by atoms with Crippen LogP contribution >= 0.6 is 12.2 Å². The highest BCUT2D eigenvalue weighted by molar-refractivity contribution is 7.80. The lowest BCUT2D eigenvalue weighted by molar-refractivity contribution is -0.138. The minimum absolute atomic E-state index is 0.00105. The van der Waals surface area contributed by atoms with Gasteiger partial charge in [-0.2, -0.15) is 31.6 Å². The number of anilines is 2. The Labute approximate surface area is 228 Å². The predicted octanol–water partition coefficient (Wildman–Crippen LogP) is 6.49.